The van der Waals surface area contributed by atoms with Crippen molar-refractivity contribution in [1.29, 1.82) is 0 Å². The molecule has 0 aromatic rings. The van der Waals surface area contributed by atoms with Crippen molar-refractivity contribution >= 4 is 79.4 Å². The summed E-state index contributed by atoms with van der Waals surface area (Å²) in [4.78, 5) is 35.8. The van der Waals surface area contributed by atoms with Crippen LogP contribution in [-0.2, 0) is 38.7 Å². The monoisotopic (exact) mass is 473 g/mol. The molecule has 0 aliphatic rings. The molecule has 0 amide bonds. The van der Waals surface area contributed by atoms with E-state index in [1.54, 1.807) is 0 Å². The van der Waals surface area contributed by atoms with Gasteiger partial charge in [-0.25, -0.2) is 9.59 Å². The molecule has 0 aliphatic heterocycles. The topological polar surface area (TPSA) is 133 Å². The summed E-state index contributed by atoms with van der Waals surface area (Å²) in [5.41, 5.74) is -2.34. The van der Waals surface area contributed by atoms with Crippen molar-refractivity contribution in [2.75, 3.05) is 0 Å². The van der Waals surface area contributed by atoms with Crippen molar-refractivity contribution in [3.63, 3.8) is 0 Å². The Balaban J connectivity index is 0. The first kappa shape index (κ1) is 31.6. The van der Waals surface area contributed by atoms with Gasteiger partial charge in [-0.05, 0) is 27.2 Å². The van der Waals surface area contributed by atoms with Gasteiger partial charge >= 0.3 is 69.3 Å². The van der Waals surface area contributed by atoms with E-state index in [0.717, 1.165) is 25.0 Å². The minimum absolute atomic E-state index is 0. The second-order valence-electron chi connectivity index (χ2n) is 6.35. The van der Waals surface area contributed by atoms with Crippen molar-refractivity contribution in [3.8, 4) is 0 Å². The van der Waals surface area contributed by atoms with Gasteiger partial charge in [0, 0.05) is 18.6 Å². The summed E-state index contributed by atoms with van der Waals surface area (Å²) in [6.45, 7) is 14.2. The maximum atomic E-state index is 12.4. The van der Waals surface area contributed by atoms with Gasteiger partial charge in [0.2, 0.25) is 5.60 Å². The molecule has 0 heterocycles. The van der Waals surface area contributed by atoms with Gasteiger partial charge in [-0.3, -0.25) is 9.35 Å². The molecule has 0 bridgehead atoms. The van der Waals surface area contributed by atoms with Gasteiger partial charge < -0.3 is 14.2 Å². The van der Waals surface area contributed by atoms with Gasteiger partial charge in [-0.15, -0.1) is 0 Å². The summed E-state index contributed by atoms with van der Waals surface area (Å²) in [5, 5.41) is -2.05. The summed E-state index contributed by atoms with van der Waals surface area (Å²) in [5.74, 6) is -2.74. The zero-order chi connectivity index (χ0) is 22.8. The van der Waals surface area contributed by atoms with Crippen molar-refractivity contribution in [3.05, 3.63) is 32.2 Å². The first-order valence-electron chi connectivity index (χ1n) is 9.04. The molecule has 11 heteroatoms. The second kappa shape index (κ2) is 14.5. The van der Waals surface area contributed by atoms with Gasteiger partial charge in [0.1, 0.15) is 17.5 Å². The molecule has 0 fully saturated rings. The van der Waals surface area contributed by atoms with E-state index >= 15 is 0 Å². The minimum atomic E-state index is -4.93. The summed E-state index contributed by atoms with van der Waals surface area (Å²) in [6.07, 6.45) is 0.587. The van der Waals surface area contributed by atoms with E-state index in [0.29, 0.717) is 6.42 Å². The fraction of sp³-hybridized carbons (Fsp3) is 0.579. The third-order valence-electron chi connectivity index (χ3n) is 4.33. The van der Waals surface area contributed by atoms with E-state index < -0.39 is 51.1 Å². The molecule has 167 valence electrons. The molecule has 0 spiro atoms. The molecule has 3 atom stereocenters. The van der Waals surface area contributed by atoms with E-state index in [2.05, 4.69) is 20.1 Å². The average molecular weight is 474 g/mol. The molecule has 3 unspecified atom stereocenters. The van der Waals surface area contributed by atoms with E-state index in [1.165, 1.54) is 13.8 Å². The summed E-state index contributed by atoms with van der Waals surface area (Å²) in [6, 6.07) is 0. The van der Waals surface area contributed by atoms with Crippen molar-refractivity contribution in [2.45, 2.75) is 69.5 Å². The number of hydrogen-bond donors (Lipinski definition) is 1. The molecule has 9 nitrogen and oxygen atoms in total. The molecule has 0 aromatic heterocycles. The van der Waals surface area contributed by atoms with Crippen LogP contribution in [0.2, 0.25) is 0 Å². The van der Waals surface area contributed by atoms with Gasteiger partial charge in [0.25, 0.3) is 10.1 Å². The molecule has 30 heavy (non-hydrogen) atoms. The maximum absolute atomic E-state index is 12.4. The van der Waals surface area contributed by atoms with Crippen molar-refractivity contribution in [2.24, 2.45) is 0 Å². The molecular weight excluding hydrogens is 443 g/mol. The Labute approximate surface area is 220 Å². The van der Waals surface area contributed by atoms with Gasteiger partial charge in [0.05, 0.1) is 0 Å². The standard InChI is InChI=1S/C19H29O9S.K.H/c1-7-10-11-12-18(22)28-19(15(6)29(23,24)25,13(4)26-16(20)8-2)14(5)27-17(21)9-3;;/h8-9,13-15H,2-3,6-7,10-12H2,1,4-5H3,(H,23,24,25);;. The average Bonchev–Trinajstić information content (AvgIpc) is 2.64. The fourth-order valence-corrected chi connectivity index (χ4v) is 3.61. The van der Waals surface area contributed by atoms with Crippen molar-refractivity contribution < 1.29 is 41.6 Å². The van der Waals surface area contributed by atoms with Crippen LogP contribution in [0.1, 0.15) is 46.5 Å². The van der Waals surface area contributed by atoms with Gasteiger partial charge in [0.15, 0.2) is 0 Å². The molecule has 1 N–H and O–H groups in total. The van der Waals surface area contributed by atoms with Crippen LogP contribution in [0.3, 0.4) is 0 Å². The molecule has 0 saturated carbocycles. The Bertz CT molecular complexity index is 690. The van der Waals surface area contributed by atoms with E-state index in [4.69, 9.17) is 14.2 Å². The van der Waals surface area contributed by atoms with Crippen LogP contribution >= 0.6 is 0 Å². The fourth-order valence-electron chi connectivity index (χ4n) is 2.71. The van der Waals surface area contributed by atoms with Crippen LogP contribution in [0, 0.1) is 6.92 Å². The Morgan fingerprint density at radius 3 is 1.80 bits per heavy atom. The van der Waals surface area contributed by atoms with Crippen LogP contribution < -0.4 is 0 Å². The number of esters is 3. The summed E-state index contributed by atoms with van der Waals surface area (Å²) >= 11 is 0. The zero-order valence-electron chi connectivity index (χ0n) is 17.0. The van der Waals surface area contributed by atoms with Crippen LogP contribution in [0.4, 0.5) is 0 Å². The van der Waals surface area contributed by atoms with E-state index in [-0.39, 0.29) is 57.8 Å². The Kier molecular flexibility index (Phi) is 15.3. The summed E-state index contributed by atoms with van der Waals surface area (Å²) in [7, 11) is -4.93. The molecule has 1 radical (unpaired) electrons. The Hall–Kier alpha value is -0.564. The number of hydrogen-bond acceptors (Lipinski definition) is 8. The van der Waals surface area contributed by atoms with Crippen LogP contribution in [0.25, 0.3) is 0 Å². The molecule has 0 rings (SSSR count). The Morgan fingerprint density at radius 1 is 1.03 bits per heavy atom. The number of unbranched alkanes of at least 4 members (excludes halogenated alkanes) is 2. The number of carbonyl (C=O) groups excluding carboxylic acids is 3. The molecular formula is C19H30KO9S. The van der Waals surface area contributed by atoms with Crippen LogP contribution in [-0.4, -0.2) is 105 Å². The van der Waals surface area contributed by atoms with E-state index in [9.17, 15) is 27.4 Å². The SMILES string of the molecule is [CH2]C(C(OC(=O)CCCCC)(C(C)OC(=O)C=C)C(C)OC(=O)C=C)S(=O)(=O)O.[KH]. The quantitative estimate of drug-likeness (QED) is 0.106. The zero-order valence-corrected chi connectivity index (χ0v) is 17.8. The number of ether oxygens (including phenoxy) is 3. The molecule has 0 aromatic carbocycles. The second-order valence-corrected chi connectivity index (χ2v) is 7.95. The van der Waals surface area contributed by atoms with Gasteiger partial charge in [-0.2, -0.15) is 8.42 Å². The number of carbonyl (C=O) groups is 3. The van der Waals surface area contributed by atoms with Crippen LogP contribution in [0.15, 0.2) is 25.3 Å². The Morgan fingerprint density at radius 2 is 1.47 bits per heavy atom. The third-order valence-corrected chi connectivity index (χ3v) is 5.42. The molecule has 0 saturated heterocycles. The van der Waals surface area contributed by atoms with Crippen molar-refractivity contribution in [1.82, 2.24) is 0 Å². The first-order valence-corrected chi connectivity index (χ1v) is 10.5. The molecule has 0 aliphatic carbocycles. The first-order chi connectivity index (χ1) is 13.4. The normalized spacial score (nSPS) is 15.9. The van der Waals surface area contributed by atoms with Crippen LogP contribution in [0.5, 0.6) is 0 Å². The third kappa shape index (κ3) is 9.29. The summed E-state index contributed by atoms with van der Waals surface area (Å²) < 4.78 is 49.0. The predicted molar refractivity (Wildman–Crippen MR) is 112 cm³/mol. The predicted octanol–water partition coefficient (Wildman–Crippen LogP) is 1.53. The number of rotatable bonds is 13. The van der Waals surface area contributed by atoms with Gasteiger partial charge in [-0.1, -0.05) is 32.9 Å². The van der Waals surface area contributed by atoms with E-state index in [1.807, 2.05) is 6.92 Å².